The van der Waals surface area contributed by atoms with E-state index in [2.05, 4.69) is 25.2 Å². The monoisotopic (exact) mass is 395 g/mol. The van der Waals surface area contributed by atoms with Crippen molar-refractivity contribution < 1.29 is 9.18 Å². The van der Waals surface area contributed by atoms with E-state index in [9.17, 15) is 9.18 Å². The molecule has 0 bridgehead atoms. The van der Waals surface area contributed by atoms with Crippen LogP contribution in [0.4, 0.5) is 15.9 Å². The zero-order valence-corrected chi connectivity index (χ0v) is 16.1. The molecule has 3 N–H and O–H groups in total. The minimum absolute atomic E-state index is 0.00611. The highest BCUT2D eigenvalue weighted by Crippen LogP contribution is 2.44. The van der Waals surface area contributed by atoms with Crippen molar-refractivity contribution in [3.05, 3.63) is 48.1 Å². The van der Waals surface area contributed by atoms with Gasteiger partial charge in [0.25, 0.3) is 5.91 Å². The Morgan fingerprint density at radius 1 is 1.31 bits per heavy atom. The molecule has 5 rings (SSSR count). The number of nitrogens with two attached hydrogens (primary N) is 1. The van der Waals surface area contributed by atoms with E-state index in [1.165, 1.54) is 12.3 Å². The van der Waals surface area contributed by atoms with Crippen LogP contribution in [0.1, 0.15) is 35.4 Å². The Kier molecular flexibility index (Phi) is 4.02. The Bertz CT molecular complexity index is 1090. The van der Waals surface area contributed by atoms with Crippen LogP contribution in [0.2, 0.25) is 0 Å². The summed E-state index contributed by atoms with van der Waals surface area (Å²) in [6.07, 6.45) is 9.62. The highest BCUT2D eigenvalue weighted by molar-refractivity contribution is 6.02. The Morgan fingerprint density at radius 2 is 2.14 bits per heavy atom. The molecule has 29 heavy (non-hydrogen) atoms. The summed E-state index contributed by atoms with van der Waals surface area (Å²) in [5.74, 6) is 0.283. The topological polar surface area (TPSA) is 101 Å². The Hall–Kier alpha value is -3.07. The highest BCUT2D eigenvalue weighted by atomic mass is 19.1. The van der Waals surface area contributed by atoms with Crippen molar-refractivity contribution in [1.82, 2.24) is 19.4 Å². The summed E-state index contributed by atoms with van der Waals surface area (Å²) in [5.41, 5.74) is 7.74. The highest BCUT2D eigenvalue weighted by Gasteiger charge is 2.48. The number of fused-ring (bicyclic) bond motifs is 1. The molecule has 1 saturated heterocycles. The predicted molar refractivity (Wildman–Crippen MR) is 106 cm³/mol. The van der Waals surface area contributed by atoms with Gasteiger partial charge in [0.05, 0.1) is 23.8 Å². The fourth-order valence-electron chi connectivity index (χ4n) is 4.03. The second kappa shape index (κ2) is 6.48. The number of amides is 1. The average Bonchev–Trinajstić information content (AvgIpc) is 3.10. The van der Waals surface area contributed by atoms with Gasteiger partial charge in [-0.1, -0.05) is 0 Å². The molecule has 1 aliphatic heterocycles. The number of pyridine rings is 1. The van der Waals surface area contributed by atoms with Crippen molar-refractivity contribution in [2.45, 2.75) is 31.7 Å². The first-order valence-corrected chi connectivity index (χ1v) is 9.73. The quantitative estimate of drug-likeness (QED) is 0.702. The van der Waals surface area contributed by atoms with Crippen molar-refractivity contribution in [3.8, 4) is 0 Å². The lowest BCUT2D eigenvalue weighted by molar-refractivity contribution is 0.102. The normalized spacial score (nSPS) is 20.2. The van der Waals surface area contributed by atoms with Crippen molar-refractivity contribution in [2.75, 3.05) is 23.3 Å². The molecule has 0 spiro atoms. The average molecular weight is 395 g/mol. The number of rotatable bonds is 4. The van der Waals surface area contributed by atoms with E-state index in [-0.39, 0.29) is 16.9 Å². The smallest absolute Gasteiger partial charge is 0.275 e. The third-order valence-corrected chi connectivity index (χ3v) is 5.91. The standard InChI is InChI=1S/C20H22FN7O/c1-12-9-28-11-14(6-15(21)18(28)25-12)26-19(29)16-7-24-17(8-23-16)27-5-2-13(10-27)20(22)3-4-20/h6-9,11,13H,2-5,10,22H2,1H3,(H,26,29). The van der Waals surface area contributed by atoms with E-state index >= 15 is 0 Å². The van der Waals surface area contributed by atoms with Gasteiger partial charge in [0.2, 0.25) is 0 Å². The number of carbonyl (C=O) groups is 1. The SMILES string of the molecule is Cc1cn2cc(NC(=O)c3cnc(N4CCC(C5(N)CC5)C4)cn3)cc(F)c2n1. The first-order valence-electron chi connectivity index (χ1n) is 9.73. The van der Waals surface area contributed by atoms with Gasteiger partial charge in [0.15, 0.2) is 11.5 Å². The van der Waals surface area contributed by atoms with Crippen LogP contribution in [0.5, 0.6) is 0 Å². The molecule has 1 atom stereocenters. The fourth-order valence-corrected chi connectivity index (χ4v) is 4.03. The maximum absolute atomic E-state index is 14.2. The third-order valence-electron chi connectivity index (χ3n) is 5.91. The van der Waals surface area contributed by atoms with Crippen LogP contribution in [0, 0.1) is 18.7 Å². The van der Waals surface area contributed by atoms with Crippen molar-refractivity contribution >= 4 is 23.1 Å². The van der Waals surface area contributed by atoms with Gasteiger partial charge in [-0.2, -0.15) is 0 Å². The molecule has 4 heterocycles. The molecule has 0 radical (unpaired) electrons. The number of aryl methyl sites for hydroxylation is 1. The van der Waals surface area contributed by atoms with Crippen LogP contribution in [0.25, 0.3) is 5.65 Å². The van der Waals surface area contributed by atoms with Gasteiger partial charge in [-0.05, 0) is 32.1 Å². The minimum Gasteiger partial charge on any atom is -0.355 e. The number of hydrogen-bond donors (Lipinski definition) is 2. The number of hydrogen-bond acceptors (Lipinski definition) is 6. The molecule has 1 unspecified atom stereocenters. The number of nitrogens with one attached hydrogen (secondary N) is 1. The van der Waals surface area contributed by atoms with Gasteiger partial charge in [0, 0.05) is 37.1 Å². The molecule has 2 aliphatic rings. The van der Waals surface area contributed by atoms with Gasteiger partial charge in [0.1, 0.15) is 11.5 Å². The van der Waals surface area contributed by atoms with E-state index in [1.54, 1.807) is 29.9 Å². The summed E-state index contributed by atoms with van der Waals surface area (Å²) in [5, 5.41) is 2.66. The van der Waals surface area contributed by atoms with Gasteiger partial charge in [-0.15, -0.1) is 0 Å². The third kappa shape index (κ3) is 3.31. The van der Waals surface area contributed by atoms with Crippen LogP contribution in [-0.4, -0.2) is 43.9 Å². The van der Waals surface area contributed by atoms with E-state index in [0.717, 1.165) is 38.2 Å². The first-order chi connectivity index (χ1) is 13.9. The largest absolute Gasteiger partial charge is 0.355 e. The maximum Gasteiger partial charge on any atom is 0.275 e. The lowest BCUT2D eigenvalue weighted by Crippen LogP contribution is -2.34. The van der Waals surface area contributed by atoms with Crippen LogP contribution >= 0.6 is 0 Å². The molecule has 3 aromatic heterocycles. The molecule has 0 aromatic carbocycles. The summed E-state index contributed by atoms with van der Waals surface area (Å²) in [7, 11) is 0. The van der Waals surface area contributed by atoms with Crippen LogP contribution in [0.15, 0.2) is 30.9 Å². The van der Waals surface area contributed by atoms with Gasteiger partial charge in [-0.25, -0.2) is 19.3 Å². The molecule has 1 saturated carbocycles. The van der Waals surface area contributed by atoms with Gasteiger partial charge in [-0.3, -0.25) is 4.79 Å². The summed E-state index contributed by atoms with van der Waals surface area (Å²) in [6.45, 7) is 3.55. The van der Waals surface area contributed by atoms with Crippen molar-refractivity contribution in [2.24, 2.45) is 11.7 Å². The summed E-state index contributed by atoms with van der Waals surface area (Å²) in [4.78, 5) is 27.4. The number of halogens is 1. The van der Waals surface area contributed by atoms with E-state index in [4.69, 9.17) is 5.73 Å². The molecule has 3 aromatic rings. The zero-order valence-electron chi connectivity index (χ0n) is 16.1. The zero-order chi connectivity index (χ0) is 20.2. The number of imidazole rings is 1. The second-order valence-corrected chi connectivity index (χ2v) is 8.07. The van der Waals surface area contributed by atoms with Gasteiger partial charge < -0.3 is 20.4 Å². The van der Waals surface area contributed by atoms with Crippen molar-refractivity contribution in [1.29, 1.82) is 0 Å². The van der Waals surface area contributed by atoms with Crippen LogP contribution < -0.4 is 16.0 Å². The van der Waals surface area contributed by atoms with Crippen LogP contribution in [-0.2, 0) is 0 Å². The lowest BCUT2D eigenvalue weighted by atomic mass is 9.98. The summed E-state index contributed by atoms with van der Waals surface area (Å²) in [6, 6.07) is 1.24. The van der Waals surface area contributed by atoms with E-state index < -0.39 is 11.7 Å². The molecular formula is C20H22FN7O. The number of anilines is 2. The molecule has 9 heteroatoms. The Balaban J connectivity index is 1.28. The molecule has 8 nitrogen and oxygen atoms in total. The maximum atomic E-state index is 14.2. The van der Waals surface area contributed by atoms with Crippen molar-refractivity contribution in [3.63, 3.8) is 0 Å². The van der Waals surface area contributed by atoms with Gasteiger partial charge >= 0.3 is 0 Å². The molecule has 150 valence electrons. The fraction of sp³-hybridized carbons (Fsp3) is 0.400. The number of carbonyl (C=O) groups excluding carboxylic acids is 1. The first kappa shape index (κ1) is 18.0. The second-order valence-electron chi connectivity index (χ2n) is 8.07. The number of aromatic nitrogens is 4. The molecule has 1 amide bonds. The lowest BCUT2D eigenvalue weighted by Gasteiger charge is -2.20. The number of nitrogens with zero attached hydrogens (tertiary/aromatic N) is 5. The van der Waals surface area contributed by atoms with Crippen LogP contribution in [0.3, 0.4) is 0 Å². The van der Waals surface area contributed by atoms with E-state index in [0.29, 0.717) is 17.3 Å². The Labute approximate surface area is 167 Å². The van der Waals surface area contributed by atoms with E-state index in [1.807, 2.05) is 0 Å². The molecular weight excluding hydrogens is 373 g/mol. The minimum atomic E-state index is -0.505. The molecule has 1 aliphatic carbocycles. The summed E-state index contributed by atoms with van der Waals surface area (Å²) >= 11 is 0. The Morgan fingerprint density at radius 3 is 2.86 bits per heavy atom. The summed E-state index contributed by atoms with van der Waals surface area (Å²) < 4.78 is 15.7. The molecule has 2 fully saturated rings. The predicted octanol–water partition coefficient (Wildman–Crippen LogP) is 2.14.